The molecule has 3 aliphatic rings. The Balaban J connectivity index is 1.06. The molecule has 2 N–H and O–H groups in total. The number of carbonyl (C=O) groups excluding carboxylic acids is 2. The Labute approximate surface area is 202 Å². The molecule has 34 heavy (non-hydrogen) atoms. The monoisotopic (exact) mass is 480 g/mol. The van der Waals surface area contributed by atoms with Crippen LogP contribution in [0.15, 0.2) is 48.5 Å². The maximum Gasteiger partial charge on any atom is 0.407 e. The van der Waals surface area contributed by atoms with E-state index in [0.29, 0.717) is 25.1 Å². The Bertz CT molecular complexity index is 1070. The molecule has 2 fully saturated rings. The van der Waals surface area contributed by atoms with E-state index in [2.05, 4.69) is 29.6 Å². The Morgan fingerprint density at radius 1 is 1.03 bits per heavy atom. The van der Waals surface area contributed by atoms with Gasteiger partial charge in [-0.2, -0.15) is 11.8 Å². The van der Waals surface area contributed by atoms with E-state index in [9.17, 15) is 19.5 Å². The summed E-state index contributed by atoms with van der Waals surface area (Å²) in [7, 11) is 0. The lowest BCUT2D eigenvalue weighted by Gasteiger charge is -2.30. The Morgan fingerprint density at radius 2 is 1.65 bits per heavy atom. The second-order valence-electron chi connectivity index (χ2n) is 9.14. The number of hydrogen-bond acceptors (Lipinski definition) is 5. The highest BCUT2D eigenvalue weighted by Gasteiger charge is 2.58. The molecule has 0 radical (unpaired) electrons. The largest absolute Gasteiger partial charge is 0.479 e. The number of benzene rings is 2. The number of rotatable bonds is 8. The summed E-state index contributed by atoms with van der Waals surface area (Å²) in [6.45, 7) is 0.640. The molecule has 2 saturated heterocycles. The first-order chi connectivity index (χ1) is 16.5. The van der Waals surface area contributed by atoms with Gasteiger partial charge in [0.2, 0.25) is 5.91 Å². The van der Waals surface area contributed by atoms with E-state index >= 15 is 0 Å². The summed E-state index contributed by atoms with van der Waals surface area (Å²) in [5.74, 6) is -0.217. The standard InChI is InChI=1S/C26H28N2O5S/c29-23(28-17-9-11-26(28,12-10-17)24(30)31)16-34-14-13-27-25(32)33-15-22-20-7-3-1-5-18(20)19-6-2-4-8-21(19)22/h1-8,17,22H,9-16H2,(H,27,32)(H,30,31). The highest BCUT2D eigenvalue weighted by molar-refractivity contribution is 7.99. The molecule has 2 heterocycles. The molecule has 178 valence electrons. The number of alkyl carbamates (subject to hydrolysis) is 1. The lowest BCUT2D eigenvalue weighted by atomic mass is 9.88. The van der Waals surface area contributed by atoms with Gasteiger partial charge in [-0.1, -0.05) is 48.5 Å². The number of carboxylic acids is 1. The number of aliphatic carboxylic acids is 1. The average Bonchev–Trinajstić information content (AvgIpc) is 3.51. The Hall–Kier alpha value is -3.00. The van der Waals surface area contributed by atoms with Gasteiger partial charge in [0.05, 0.1) is 5.75 Å². The molecule has 2 amide bonds. The SMILES string of the molecule is O=C(NCCSCC(=O)N1C2CCC1(C(=O)O)CC2)OCC1c2ccccc2-c2ccccc21. The number of nitrogens with zero attached hydrogens (tertiary/aromatic N) is 1. The number of thioether (sulfide) groups is 1. The van der Waals surface area contributed by atoms with Gasteiger partial charge in [-0.25, -0.2) is 9.59 Å². The van der Waals surface area contributed by atoms with Gasteiger partial charge in [0.1, 0.15) is 12.1 Å². The fraction of sp³-hybridized carbons (Fsp3) is 0.423. The maximum absolute atomic E-state index is 12.7. The van der Waals surface area contributed by atoms with Crippen LogP contribution in [0.5, 0.6) is 0 Å². The first-order valence-electron chi connectivity index (χ1n) is 11.7. The van der Waals surface area contributed by atoms with Gasteiger partial charge in [-0.05, 0) is 47.9 Å². The number of amides is 2. The van der Waals surface area contributed by atoms with E-state index in [1.807, 2.05) is 24.3 Å². The van der Waals surface area contributed by atoms with Gasteiger partial charge < -0.3 is 20.1 Å². The zero-order valence-corrected chi connectivity index (χ0v) is 19.7. The van der Waals surface area contributed by atoms with Crippen molar-refractivity contribution in [1.29, 1.82) is 0 Å². The first-order valence-corrected chi connectivity index (χ1v) is 12.9. The van der Waals surface area contributed by atoms with E-state index in [1.54, 1.807) is 4.90 Å². The lowest BCUT2D eigenvalue weighted by Crippen LogP contribution is -2.51. The van der Waals surface area contributed by atoms with Crippen molar-refractivity contribution in [3.63, 3.8) is 0 Å². The molecule has 2 aromatic rings. The van der Waals surface area contributed by atoms with Crippen LogP contribution in [0, 0.1) is 0 Å². The minimum absolute atomic E-state index is 0.0162. The van der Waals surface area contributed by atoms with Crippen LogP contribution < -0.4 is 5.32 Å². The minimum atomic E-state index is -0.998. The quantitative estimate of drug-likeness (QED) is 0.557. The van der Waals surface area contributed by atoms with Gasteiger partial charge in [0.25, 0.3) is 0 Å². The van der Waals surface area contributed by atoms with Gasteiger partial charge in [-0.3, -0.25) is 4.79 Å². The van der Waals surface area contributed by atoms with Crippen LogP contribution in [-0.2, 0) is 14.3 Å². The zero-order chi connectivity index (χ0) is 23.7. The molecule has 5 rings (SSSR count). The van der Waals surface area contributed by atoms with E-state index in [1.165, 1.54) is 34.0 Å². The highest BCUT2D eigenvalue weighted by Crippen LogP contribution is 2.47. The smallest absolute Gasteiger partial charge is 0.407 e. The van der Waals surface area contributed by atoms with Crippen molar-refractivity contribution in [2.24, 2.45) is 0 Å². The van der Waals surface area contributed by atoms with Crippen LogP contribution in [0.2, 0.25) is 0 Å². The van der Waals surface area contributed by atoms with Gasteiger partial charge >= 0.3 is 12.1 Å². The van der Waals surface area contributed by atoms with Crippen LogP contribution in [0.1, 0.15) is 42.7 Å². The van der Waals surface area contributed by atoms with Gasteiger partial charge in [0.15, 0.2) is 0 Å². The lowest BCUT2D eigenvalue weighted by molar-refractivity contribution is -0.154. The van der Waals surface area contributed by atoms with Crippen molar-refractivity contribution in [3.05, 3.63) is 59.7 Å². The molecule has 8 heteroatoms. The Morgan fingerprint density at radius 3 is 2.26 bits per heavy atom. The van der Waals surface area contributed by atoms with Crippen molar-refractivity contribution in [2.75, 3.05) is 24.7 Å². The summed E-state index contributed by atoms with van der Waals surface area (Å²) in [6.07, 6.45) is 2.16. The van der Waals surface area contributed by atoms with Crippen LogP contribution in [-0.4, -0.2) is 64.2 Å². The van der Waals surface area contributed by atoms with E-state index in [-0.39, 0.29) is 30.2 Å². The third-order valence-electron chi connectivity index (χ3n) is 7.36. The van der Waals surface area contributed by atoms with Crippen molar-refractivity contribution in [2.45, 2.75) is 43.2 Å². The number of carboxylic acid groups (broad SMARTS) is 1. The second-order valence-corrected chi connectivity index (χ2v) is 10.2. The predicted octanol–water partition coefficient (Wildman–Crippen LogP) is 3.87. The average molecular weight is 481 g/mol. The van der Waals surface area contributed by atoms with E-state index in [0.717, 1.165) is 12.8 Å². The van der Waals surface area contributed by atoms with Crippen LogP contribution >= 0.6 is 11.8 Å². The summed E-state index contributed by atoms with van der Waals surface area (Å²) in [6, 6.07) is 16.4. The summed E-state index contributed by atoms with van der Waals surface area (Å²) < 4.78 is 5.52. The molecule has 0 aromatic heterocycles. The number of ether oxygens (including phenoxy) is 1. The van der Waals surface area contributed by atoms with Crippen LogP contribution in [0.25, 0.3) is 11.1 Å². The predicted molar refractivity (Wildman–Crippen MR) is 130 cm³/mol. The number of carbonyl (C=O) groups is 3. The van der Waals surface area contributed by atoms with Crippen molar-refractivity contribution < 1.29 is 24.2 Å². The third kappa shape index (κ3) is 3.94. The van der Waals surface area contributed by atoms with E-state index < -0.39 is 17.6 Å². The fourth-order valence-electron chi connectivity index (χ4n) is 5.79. The molecular weight excluding hydrogens is 452 g/mol. The molecule has 2 aromatic carbocycles. The molecule has 2 aliphatic heterocycles. The third-order valence-corrected chi connectivity index (χ3v) is 8.30. The van der Waals surface area contributed by atoms with Gasteiger partial charge in [0, 0.05) is 24.3 Å². The topological polar surface area (TPSA) is 95.9 Å². The second kappa shape index (κ2) is 9.33. The summed E-state index contributed by atoms with van der Waals surface area (Å²) in [5.41, 5.74) is 3.71. The maximum atomic E-state index is 12.7. The molecule has 0 unspecified atom stereocenters. The molecule has 0 spiro atoms. The molecular formula is C26H28N2O5S. The number of hydrogen-bond donors (Lipinski definition) is 2. The van der Waals surface area contributed by atoms with Crippen LogP contribution in [0.3, 0.4) is 0 Å². The van der Waals surface area contributed by atoms with Gasteiger partial charge in [-0.15, -0.1) is 0 Å². The van der Waals surface area contributed by atoms with Crippen molar-refractivity contribution in [1.82, 2.24) is 10.2 Å². The Kier molecular flexibility index (Phi) is 6.25. The zero-order valence-electron chi connectivity index (χ0n) is 18.9. The summed E-state index contributed by atoms with van der Waals surface area (Å²) in [4.78, 5) is 38.3. The first kappa shape index (κ1) is 22.8. The van der Waals surface area contributed by atoms with E-state index in [4.69, 9.17) is 4.74 Å². The van der Waals surface area contributed by atoms with Crippen molar-refractivity contribution in [3.8, 4) is 11.1 Å². The molecule has 7 nitrogen and oxygen atoms in total. The molecule has 2 bridgehead atoms. The summed E-state index contributed by atoms with van der Waals surface area (Å²) >= 11 is 1.40. The molecule has 1 aliphatic carbocycles. The fourth-order valence-corrected chi connectivity index (χ4v) is 6.50. The number of nitrogens with one attached hydrogen (secondary N) is 1. The molecule has 0 saturated carbocycles. The molecule has 0 atom stereocenters. The van der Waals surface area contributed by atoms with Crippen molar-refractivity contribution >= 4 is 29.7 Å². The highest BCUT2D eigenvalue weighted by atomic mass is 32.2. The van der Waals surface area contributed by atoms with Crippen LogP contribution in [0.4, 0.5) is 4.79 Å². The number of fused-ring (bicyclic) bond motifs is 5. The summed E-state index contributed by atoms with van der Waals surface area (Å²) in [5, 5.41) is 12.4. The minimum Gasteiger partial charge on any atom is -0.479 e. The normalized spacial score (nSPS) is 22.4.